The zero-order valence-corrected chi connectivity index (χ0v) is 15.6. The van der Waals surface area contributed by atoms with Crippen LogP contribution in [0.15, 0.2) is 53.6 Å². The number of non-ortho nitro benzene ring substituents is 1. The van der Waals surface area contributed by atoms with E-state index in [2.05, 4.69) is 5.10 Å². The van der Waals surface area contributed by atoms with Crippen molar-refractivity contribution in [2.24, 2.45) is 5.10 Å². The van der Waals surface area contributed by atoms with Crippen LogP contribution in [0.4, 0.5) is 18.9 Å². The number of amides is 1. The number of nitrogens with zero attached hydrogens (tertiary/aromatic N) is 3. The van der Waals surface area contributed by atoms with Crippen molar-refractivity contribution in [3.63, 3.8) is 0 Å². The van der Waals surface area contributed by atoms with Crippen LogP contribution in [0.1, 0.15) is 17.5 Å². The molecule has 2 aromatic carbocycles. The van der Waals surface area contributed by atoms with Crippen LogP contribution in [0.3, 0.4) is 0 Å². The first kappa shape index (κ1) is 21.2. The Morgan fingerprint density at radius 1 is 1.30 bits per heavy atom. The summed E-state index contributed by atoms with van der Waals surface area (Å²) in [4.78, 5) is 22.7. The number of nitro benzene ring substituents is 1. The quantitative estimate of drug-likeness (QED) is 0.588. The largest absolute Gasteiger partial charge is 0.497 e. The third-order valence-electron chi connectivity index (χ3n) is 4.58. The molecule has 0 spiro atoms. The second-order valence-corrected chi connectivity index (χ2v) is 6.58. The van der Waals surface area contributed by atoms with Gasteiger partial charge in [-0.2, -0.15) is 23.3 Å². The minimum Gasteiger partial charge on any atom is -0.497 e. The number of rotatable bonds is 5. The third-order valence-corrected chi connectivity index (χ3v) is 4.58. The Labute approximate surface area is 168 Å². The number of ether oxygens (including phenoxy) is 1. The Balaban J connectivity index is 1.92. The van der Waals surface area contributed by atoms with Gasteiger partial charge in [0.2, 0.25) is 5.91 Å². The second kappa shape index (κ2) is 7.75. The number of halogens is 3. The first-order valence-electron chi connectivity index (χ1n) is 8.62. The summed E-state index contributed by atoms with van der Waals surface area (Å²) in [5.41, 5.74) is -3.37. The van der Waals surface area contributed by atoms with Crippen molar-refractivity contribution in [3.05, 3.63) is 69.8 Å². The van der Waals surface area contributed by atoms with Crippen molar-refractivity contribution in [3.8, 4) is 5.75 Å². The Kier molecular flexibility index (Phi) is 5.49. The van der Waals surface area contributed by atoms with Gasteiger partial charge in [-0.15, -0.1) is 0 Å². The van der Waals surface area contributed by atoms with E-state index in [9.17, 15) is 33.2 Å². The lowest BCUT2D eigenvalue weighted by Crippen LogP contribution is -2.57. The number of hydrogen-bond donors (Lipinski definition) is 1. The average molecular weight is 423 g/mol. The topological polar surface area (TPSA) is 105 Å². The zero-order valence-electron chi connectivity index (χ0n) is 15.6. The Morgan fingerprint density at radius 3 is 2.53 bits per heavy atom. The standard InChI is InChI=1S/C19H16F3N3O5/c1-30-15-4-2-3-13(10-15)16-11-18(27,19(20,21)22)24(23-16)17(26)9-12-5-7-14(8-6-12)25(28)29/h2-8,10,27H,9,11H2,1H3. The molecule has 1 unspecified atom stereocenters. The number of aliphatic hydroxyl groups is 1. The van der Waals surface area contributed by atoms with Crippen LogP contribution < -0.4 is 4.74 Å². The van der Waals surface area contributed by atoms with Gasteiger partial charge < -0.3 is 9.84 Å². The predicted molar refractivity (Wildman–Crippen MR) is 98.8 cm³/mol. The smallest absolute Gasteiger partial charge is 0.438 e. The molecule has 1 aliphatic rings. The molecule has 30 heavy (non-hydrogen) atoms. The van der Waals surface area contributed by atoms with Crippen molar-refractivity contribution >= 4 is 17.3 Å². The molecule has 0 fully saturated rings. The van der Waals surface area contributed by atoms with Gasteiger partial charge in [0, 0.05) is 17.7 Å². The van der Waals surface area contributed by atoms with E-state index in [0.29, 0.717) is 5.75 Å². The average Bonchev–Trinajstić information content (AvgIpc) is 3.07. The lowest BCUT2D eigenvalue weighted by molar-refractivity contribution is -0.384. The highest BCUT2D eigenvalue weighted by molar-refractivity contribution is 6.04. The van der Waals surface area contributed by atoms with Gasteiger partial charge in [0.25, 0.3) is 11.4 Å². The highest BCUT2D eigenvalue weighted by Crippen LogP contribution is 2.41. The molecule has 1 atom stereocenters. The minimum atomic E-state index is -5.16. The van der Waals surface area contributed by atoms with Gasteiger partial charge in [0.1, 0.15) is 5.75 Å². The van der Waals surface area contributed by atoms with Gasteiger partial charge in [0.05, 0.1) is 30.6 Å². The number of benzene rings is 2. The molecule has 2 aromatic rings. The van der Waals surface area contributed by atoms with Crippen molar-refractivity contribution < 1.29 is 32.7 Å². The molecule has 0 aromatic heterocycles. The highest BCUT2D eigenvalue weighted by atomic mass is 19.4. The van der Waals surface area contributed by atoms with Crippen molar-refractivity contribution in [2.45, 2.75) is 24.7 Å². The molecule has 1 heterocycles. The summed E-state index contributed by atoms with van der Waals surface area (Å²) in [6.07, 6.45) is -6.65. The summed E-state index contributed by atoms with van der Waals surface area (Å²) in [6.45, 7) is 0. The lowest BCUT2D eigenvalue weighted by atomic mass is 10.0. The van der Waals surface area contributed by atoms with Crippen LogP contribution in [0.25, 0.3) is 0 Å². The molecule has 0 saturated carbocycles. The summed E-state index contributed by atoms with van der Waals surface area (Å²) >= 11 is 0. The van der Waals surface area contributed by atoms with E-state index in [1.54, 1.807) is 12.1 Å². The van der Waals surface area contributed by atoms with Crippen LogP contribution in [-0.2, 0) is 11.2 Å². The third kappa shape index (κ3) is 3.96. The first-order valence-corrected chi connectivity index (χ1v) is 8.62. The van der Waals surface area contributed by atoms with Crippen LogP contribution in [-0.4, -0.2) is 45.7 Å². The molecule has 0 aliphatic carbocycles. The molecule has 0 saturated heterocycles. The fourth-order valence-electron chi connectivity index (χ4n) is 2.98. The van der Waals surface area contributed by atoms with E-state index in [0.717, 1.165) is 12.1 Å². The van der Waals surface area contributed by atoms with Gasteiger partial charge in [-0.25, -0.2) is 0 Å². The zero-order chi connectivity index (χ0) is 22.1. The monoisotopic (exact) mass is 423 g/mol. The maximum absolute atomic E-state index is 13.7. The molecular formula is C19H16F3N3O5. The molecule has 1 amide bonds. The summed E-state index contributed by atoms with van der Waals surface area (Å²) in [5, 5.41) is 24.9. The summed E-state index contributed by atoms with van der Waals surface area (Å²) in [7, 11) is 1.39. The van der Waals surface area contributed by atoms with Gasteiger partial charge in [-0.1, -0.05) is 24.3 Å². The highest BCUT2D eigenvalue weighted by Gasteiger charge is 2.63. The van der Waals surface area contributed by atoms with Gasteiger partial charge >= 0.3 is 6.18 Å². The predicted octanol–water partition coefficient (Wildman–Crippen LogP) is 3.03. The van der Waals surface area contributed by atoms with Crippen molar-refractivity contribution in [2.75, 3.05) is 7.11 Å². The van der Waals surface area contributed by atoms with Crippen LogP contribution in [0.5, 0.6) is 5.75 Å². The normalized spacial score (nSPS) is 18.8. The van der Waals surface area contributed by atoms with E-state index in [1.165, 1.54) is 31.4 Å². The number of carbonyl (C=O) groups excluding carboxylic acids is 1. The lowest BCUT2D eigenvalue weighted by Gasteiger charge is -2.32. The number of alkyl halides is 3. The number of nitro groups is 1. The number of hydrazone groups is 1. The second-order valence-electron chi connectivity index (χ2n) is 6.58. The van der Waals surface area contributed by atoms with E-state index < -0.39 is 35.6 Å². The fraction of sp³-hybridized carbons (Fsp3) is 0.263. The summed E-state index contributed by atoms with van der Waals surface area (Å²) in [6, 6.07) is 10.8. The minimum absolute atomic E-state index is 0.0310. The molecule has 8 nitrogen and oxygen atoms in total. The van der Waals surface area contributed by atoms with Crippen LogP contribution >= 0.6 is 0 Å². The maximum atomic E-state index is 13.7. The molecule has 1 aliphatic heterocycles. The van der Waals surface area contributed by atoms with Crippen molar-refractivity contribution in [1.82, 2.24) is 5.01 Å². The Morgan fingerprint density at radius 2 is 1.97 bits per heavy atom. The maximum Gasteiger partial charge on any atom is 0.438 e. The van der Waals surface area contributed by atoms with E-state index >= 15 is 0 Å². The molecule has 1 N–H and O–H groups in total. The SMILES string of the molecule is COc1cccc(C2=NN(C(=O)Cc3ccc([N+](=O)[O-])cc3)C(O)(C(F)(F)F)C2)c1. The molecule has 11 heteroatoms. The first-order chi connectivity index (χ1) is 14.0. The van der Waals surface area contributed by atoms with Gasteiger partial charge in [-0.3, -0.25) is 14.9 Å². The number of carbonyl (C=O) groups is 1. The molecule has 0 bridgehead atoms. The van der Waals surface area contributed by atoms with Gasteiger partial charge in [-0.05, 0) is 17.7 Å². The molecule has 158 valence electrons. The van der Waals surface area contributed by atoms with E-state index in [-0.39, 0.29) is 27.5 Å². The Bertz CT molecular complexity index is 1010. The van der Waals surface area contributed by atoms with Gasteiger partial charge in [0.15, 0.2) is 0 Å². The molecular weight excluding hydrogens is 407 g/mol. The number of hydrogen-bond acceptors (Lipinski definition) is 6. The van der Waals surface area contributed by atoms with E-state index in [1.807, 2.05) is 0 Å². The van der Waals surface area contributed by atoms with Crippen LogP contribution in [0, 0.1) is 10.1 Å². The Hall–Kier alpha value is -3.47. The van der Waals surface area contributed by atoms with Crippen LogP contribution in [0.2, 0.25) is 0 Å². The van der Waals surface area contributed by atoms with Crippen molar-refractivity contribution in [1.29, 1.82) is 0 Å². The molecule has 3 rings (SSSR count). The summed E-state index contributed by atoms with van der Waals surface area (Å²) in [5.74, 6) is -0.733. The summed E-state index contributed by atoms with van der Waals surface area (Å²) < 4.78 is 46.0. The van der Waals surface area contributed by atoms with E-state index in [4.69, 9.17) is 4.74 Å². The fourth-order valence-corrected chi connectivity index (χ4v) is 2.98. The molecule has 0 radical (unpaired) electrons. The number of methoxy groups -OCH3 is 1.